The fourth-order valence-electron chi connectivity index (χ4n) is 1.61. The maximum atomic E-state index is 11.4. The first-order chi connectivity index (χ1) is 9.42. The summed E-state index contributed by atoms with van der Waals surface area (Å²) in [4.78, 5) is 15.6. The molecule has 0 unspecified atom stereocenters. The molecule has 0 radical (unpaired) electrons. The molecule has 0 aliphatic heterocycles. The summed E-state index contributed by atoms with van der Waals surface area (Å²) in [5.74, 6) is 0.0528. The summed E-state index contributed by atoms with van der Waals surface area (Å²) in [6, 6.07) is 3.59. The van der Waals surface area contributed by atoms with Gasteiger partial charge in [0, 0.05) is 5.02 Å². The van der Waals surface area contributed by atoms with Crippen LogP contribution in [0.4, 0.5) is 0 Å². The van der Waals surface area contributed by atoms with Gasteiger partial charge in [-0.1, -0.05) is 34.5 Å². The van der Waals surface area contributed by atoms with Crippen LogP contribution in [0.5, 0.6) is 10.9 Å². The van der Waals surface area contributed by atoms with Crippen molar-refractivity contribution in [3.8, 4) is 10.9 Å². The Bertz CT molecular complexity index is 647. The molecule has 0 amide bonds. The third-order valence-electron chi connectivity index (χ3n) is 2.55. The molecule has 0 fully saturated rings. The Balaban J connectivity index is 2.29. The number of rotatable bonds is 3. The third kappa shape index (κ3) is 3.06. The summed E-state index contributed by atoms with van der Waals surface area (Å²) in [5.41, 5.74) is 1.80. The molecule has 4 nitrogen and oxygen atoms in total. The second-order valence-corrected chi connectivity index (χ2v) is 5.76. The number of carbonyl (C=O) groups excluding carboxylic acids is 1. The molecular formula is C13H11Cl2NO3S. The van der Waals surface area contributed by atoms with Crippen LogP contribution >= 0.6 is 34.5 Å². The summed E-state index contributed by atoms with van der Waals surface area (Å²) < 4.78 is 10.2. The first-order valence-electron chi connectivity index (χ1n) is 5.61. The number of aryl methyl sites for hydroxylation is 2. The smallest absolute Gasteiger partial charge is 0.351 e. The van der Waals surface area contributed by atoms with E-state index < -0.39 is 5.97 Å². The number of benzene rings is 1. The second-order valence-electron chi connectivity index (χ2n) is 4.06. The van der Waals surface area contributed by atoms with Crippen LogP contribution < -0.4 is 4.74 Å². The van der Waals surface area contributed by atoms with E-state index in [0.29, 0.717) is 10.8 Å². The highest BCUT2D eigenvalue weighted by atomic mass is 35.5. The molecule has 1 heterocycles. The number of carbonyl (C=O) groups is 1. The van der Waals surface area contributed by atoms with Gasteiger partial charge in [0.1, 0.15) is 5.75 Å². The molecule has 20 heavy (non-hydrogen) atoms. The van der Waals surface area contributed by atoms with Crippen molar-refractivity contribution in [2.24, 2.45) is 0 Å². The molecule has 0 saturated carbocycles. The van der Waals surface area contributed by atoms with E-state index in [0.717, 1.165) is 22.5 Å². The van der Waals surface area contributed by atoms with Gasteiger partial charge >= 0.3 is 5.97 Å². The fraction of sp³-hybridized carbons (Fsp3) is 0.231. The van der Waals surface area contributed by atoms with E-state index >= 15 is 0 Å². The molecule has 0 spiro atoms. The monoisotopic (exact) mass is 331 g/mol. The average Bonchev–Trinajstić information content (AvgIpc) is 2.75. The van der Waals surface area contributed by atoms with E-state index in [1.54, 1.807) is 12.1 Å². The molecule has 1 aromatic carbocycles. The zero-order valence-corrected chi connectivity index (χ0v) is 13.3. The Morgan fingerprint density at radius 2 is 1.85 bits per heavy atom. The lowest BCUT2D eigenvalue weighted by molar-refractivity contribution is 0.0606. The van der Waals surface area contributed by atoms with E-state index in [1.807, 2.05) is 13.8 Å². The quantitative estimate of drug-likeness (QED) is 0.768. The minimum Gasteiger partial charge on any atom is -0.465 e. The van der Waals surface area contributed by atoms with Gasteiger partial charge in [-0.3, -0.25) is 0 Å². The SMILES string of the molecule is COC(=O)c1sc(Oc2cc(C)c(Cl)c(C)c2)nc1Cl. The van der Waals surface area contributed by atoms with Crippen LogP contribution in [0.3, 0.4) is 0 Å². The first kappa shape index (κ1) is 15.1. The van der Waals surface area contributed by atoms with Crippen LogP contribution in [0.25, 0.3) is 0 Å². The normalized spacial score (nSPS) is 10.4. The highest BCUT2D eigenvalue weighted by molar-refractivity contribution is 7.15. The van der Waals surface area contributed by atoms with Gasteiger partial charge in [-0.2, -0.15) is 4.98 Å². The number of aromatic nitrogens is 1. The van der Waals surface area contributed by atoms with Gasteiger partial charge in [-0.25, -0.2) is 4.79 Å². The second kappa shape index (κ2) is 5.99. The maximum Gasteiger partial charge on any atom is 0.351 e. The summed E-state index contributed by atoms with van der Waals surface area (Å²) >= 11 is 13.0. The molecule has 1 aromatic heterocycles. The Hall–Kier alpha value is -1.30. The van der Waals surface area contributed by atoms with E-state index in [9.17, 15) is 4.79 Å². The van der Waals surface area contributed by atoms with Crippen molar-refractivity contribution in [1.82, 2.24) is 4.98 Å². The van der Waals surface area contributed by atoms with Crippen molar-refractivity contribution in [2.45, 2.75) is 13.8 Å². The van der Waals surface area contributed by atoms with Crippen molar-refractivity contribution in [3.63, 3.8) is 0 Å². The molecule has 2 rings (SSSR count). The molecule has 0 N–H and O–H groups in total. The van der Waals surface area contributed by atoms with Gasteiger partial charge in [-0.05, 0) is 37.1 Å². The molecular weight excluding hydrogens is 321 g/mol. The van der Waals surface area contributed by atoms with Crippen molar-refractivity contribution >= 4 is 40.5 Å². The van der Waals surface area contributed by atoms with Crippen molar-refractivity contribution < 1.29 is 14.3 Å². The zero-order chi connectivity index (χ0) is 14.9. The number of esters is 1. The van der Waals surface area contributed by atoms with Crippen LogP contribution in [-0.4, -0.2) is 18.1 Å². The molecule has 0 bridgehead atoms. The van der Waals surface area contributed by atoms with Gasteiger partial charge in [0.2, 0.25) is 0 Å². The molecule has 0 aliphatic carbocycles. The van der Waals surface area contributed by atoms with Crippen molar-refractivity contribution in [3.05, 3.63) is 38.3 Å². The Kier molecular flexibility index (Phi) is 4.52. The lowest BCUT2D eigenvalue weighted by atomic mass is 10.1. The predicted octanol–water partition coefficient (Wildman–Crippen LogP) is 4.65. The number of methoxy groups -OCH3 is 1. The Labute approximate surface area is 130 Å². The highest BCUT2D eigenvalue weighted by Gasteiger charge is 2.18. The Morgan fingerprint density at radius 1 is 1.25 bits per heavy atom. The van der Waals surface area contributed by atoms with Crippen LogP contribution in [0.2, 0.25) is 10.2 Å². The van der Waals surface area contributed by atoms with E-state index in [1.165, 1.54) is 7.11 Å². The number of nitrogens with zero attached hydrogens (tertiary/aromatic N) is 1. The minimum absolute atomic E-state index is 0.0688. The predicted molar refractivity (Wildman–Crippen MR) is 79.5 cm³/mol. The van der Waals surface area contributed by atoms with E-state index in [4.69, 9.17) is 27.9 Å². The average molecular weight is 332 g/mol. The molecule has 106 valence electrons. The summed E-state index contributed by atoms with van der Waals surface area (Å²) in [5, 5.41) is 1.04. The highest BCUT2D eigenvalue weighted by Crippen LogP contribution is 2.34. The number of ether oxygens (including phenoxy) is 2. The van der Waals surface area contributed by atoms with Crippen molar-refractivity contribution in [1.29, 1.82) is 0 Å². The van der Waals surface area contributed by atoms with Crippen LogP contribution in [0.15, 0.2) is 12.1 Å². The molecule has 7 heteroatoms. The van der Waals surface area contributed by atoms with Gasteiger partial charge < -0.3 is 9.47 Å². The molecule has 0 aliphatic rings. The van der Waals surface area contributed by atoms with E-state index in [-0.39, 0.29) is 15.2 Å². The lowest BCUT2D eigenvalue weighted by Crippen LogP contribution is -1.98. The topological polar surface area (TPSA) is 48.4 Å². The van der Waals surface area contributed by atoms with Gasteiger partial charge in [0.15, 0.2) is 10.0 Å². The zero-order valence-electron chi connectivity index (χ0n) is 11.0. The number of hydrogen-bond acceptors (Lipinski definition) is 5. The van der Waals surface area contributed by atoms with Gasteiger partial charge in [-0.15, -0.1) is 0 Å². The summed E-state index contributed by atoms with van der Waals surface area (Å²) in [6.07, 6.45) is 0. The fourth-order valence-corrected chi connectivity index (χ4v) is 2.79. The third-order valence-corrected chi connectivity index (χ3v) is 4.45. The first-order valence-corrected chi connectivity index (χ1v) is 7.19. The standard InChI is InChI=1S/C13H11Cl2NO3S/c1-6-4-8(5-7(2)9(6)14)19-13-16-11(15)10(20-13)12(17)18-3/h4-5H,1-3H3. The number of halogens is 2. The Morgan fingerprint density at radius 3 is 2.40 bits per heavy atom. The number of thiazole rings is 1. The van der Waals surface area contributed by atoms with Crippen LogP contribution in [0.1, 0.15) is 20.8 Å². The largest absolute Gasteiger partial charge is 0.465 e. The van der Waals surface area contributed by atoms with Crippen LogP contribution in [0, 0.1) is 13.8 Å². The van der Waals surface area contributed by atoms with Gasteiger partial charge in [0.25, 0.3) is 5.19 Å². The van der Waals surface area contributed by atoms with Crippen molar-refractivity contribution in [2.75, 3.05) is 7.11 Å². The lowest BCUT2D eigenvalue weighted by Gasteiger charge is -2.07. The molecule has 2 aromatic rings. The van der Waals surface area contributed by atoms with Gasteiger partial charge in [0.05, 0.1) is 7.11 Å². The van der Waals surface area contributed by atoms with E-state index in [2.05, 4.69) is 9.72 Å². The summed E-state index contributed by atoms with van der Waals surface area (Å²) in [6.45, 7) is 3.77. The minimum atomic E-state index is -0.536. The molecule has 0 saturated heterocycles. The number of hydrogen-bond donors (Lipinski definition) is 0. The maximum absolute atomic E-state index is 11.4. The summed E-state index contributed by atoms with van der Waals surface area (Å²) in [7, 11) is 1.28. The molecule has 0 atom stereocenters. The van der Waals surface area contributed by atoms with Crippen LogP contribution in [-0.2, 0) is 4.74 Å².